The van der Waals surface area contributed by atoms with Crippen LogP contribution in [0.5, 0.6) is 0 Å². The molecule has 0 amide bonds. The van der Waals surface area contributed by atoms with Gasteiger partial charge < -0.3 is 0 Å². The van der Waals surface area contributed by atoms with Gasteiger partial charge in [-0.1, -0.05) is 60.7 Å². The minimum Gasteiger partial charge on any atom is -0.294 e. The van der Waals surface area contributed by atoms with Crippen molar-refractivity contribution in [2.24, 2.45) is 0 Å². The Balaban J connectivity index is 0.000000152. The quantitative estimate of drug-likeness (QED) is 0.298. The van der Waals surface area contributed by atoms with E-state index in [9.17, 15) is 9.59 Å². The third-order valence-electron chi connectivity index (χ3n) is 5.12. The number of benzene rings is 2. The molecule has 2 aliphatic rings. The molecule has 33 heavy (non-hydrogen) atoms. The maximum Gasteiger partial charge on any atom is 0.169 e. The smallest absolute Gasteiger partial charge is 0.169 e. The number of nitrogens with zero attached hydrogens (tertiary/aromatic N) is 2. The van der Waals surface area contributed by atoms with E-state index in [4.69, 9.17) is 0 Å². The molecule has 0 radical (unpaired) electrons. The fraction of sp³-hybridized carbons (Fsp3) is 0.0769. The van der Waals surface area contributed by atoms with E-state index in [0.717, 1.165) is 30.4 Å². The average Bonchev–Trinajstić information content (AvgIpc) is 3.44. The summed E-state index contributed by atoms with van der Waals surface area (Å²) in [6.45, 7) is 0. The number of aromatic nitrogens is 2. The van der Waals surface area contributed by atoms with Gasteiger partial charge in [0, 0.05) is 19.5 Å². The van der Waals surface area contributed by atoms with Crippen LogP contribution in [0.1, 0.15) is 21.9 Å². The zero-order chi connectivity index (χ0) is 21.9. The van der Waals surface area contributed by atoms with E-state index in [1.165, 1.54) is 0 Å². The third kappa shape index (κ3) is 5.06. The molecule has 2 unspecified atom stereocenters. The van der Waals surface area contributed by atoms with Crippen LogP contribution in [0.4, 0.5) is 0 Å². The van der Waals surface area contributed by atoms with Gasteiger partial charge in [0.15, 0.2) is 11.6 Å². The zero-order valence-electron chi connectivity index (χ0n) is 17.6. The van der Waals surface area contributed by atoms with Gasteiger partial charge in [0.25, 0.3) is 0 Å². The second-order valence-electron chi connectivity index (χ2n) is 7.29. The van der Waals surface area contributed by atoms with E-state index in [2.05, 4.69) is 9.97 Å². The Hall–Kier alpha value is -2.86. The second-order valence-corrected chi connectivity index (χ2v) is 9.41. The van der Waals surface area contributed by atoms with Crippen molar-refractivity contribution in [3.63, 3.8) is 0 Å². The molecule has 0 saturated carbocycles. The van der Waals surface area contributed by atoms with Crippen LogP contribution in [0.25, 0.3) is 20.4 Å². The van der Waals surface area contributed by atoms with Gasteiger partial charge in [-0.05, 0) is 36.4 Å². The van der Waals surface area contributed by atoms with Crippen LogP contribution in [-0.4, -0.2) is 21.5 Å². The molecule has 0 saturated heterocycles. The molecule has 7 heteroatoms. The van der Waals surface area contributed by atoms with Gasteiger partial charge in [-0.15, -0.1) is 22.7 Å². The number of rotatable bonds is 2. The largest absolute Gasteiger partial charge is 0.294 e. The van der Waals surface area contributed by atoms with Crippen LogP contribution >= 0.6 is 22.7 Å². The number of hydrogen-bond donors (Lipinski definition) is 0. The molecule has 6 rings (SSSR count). The fourth-order valence-corrected chi connectivity index (χ4v) is 5.61. The van der Waals surface area contributed by atoms with E-state index in [-0.39, 0.29) is 42.9 Å². The normalized spacial score (nSPS) is 18.9. The molecule has 4 aromatic rings. The molecule has 0 N–H and O–H groups in total. The van der Waals surface area contributed by atoms with E-state index >= 15 is 0 Å². The molecule has 2 heterocycles. The number of carbonyl (C=O) groups excluding carboxylic acids is 2. The van der Waals surface area contributed by atoms with Gasteiger partial charge in [0.05, 0.1) is 32.3 Å². The molecule has 2 aliphatic carbocycles. The standard InChI is InChI=1S/2C13H9NOS.Zn/c2*15-11-7-3-1-5-9(11)13-14-10-6-2-4-8-12(10)16-13;/h2*1-9H;. The molecule has 2 aromatic heterocycles. The Kier molecular flexibility index (Phi) is 7.34. The summed E-state index contributed by atoms with van der Waals surface area (Å²) in [5.74, 6) is -0.159. The first-order chi connectivity index (χ1) is 15.7. The Morgan fingerprint density at radius 2 is 1.03 bits per heavy atom. The molecular weight excluding hydrogens is 502 g/mol. The summed E-state index contributed by atoms with van der Waals surface area (Å²) in [4.78, 5) is 32.4. The summed E-state index contributed by atoms with van der Waals surface area (Å²) in [5.41, 5.74) is 1.94. The number of hydrogen-bond acceptors (Lipinski definition) is 6. The molecule has 4 nitrogen and oxygen atoms in total. The van der Waals surface area contributed by atoms with E-state index < -0.39 is 0 Å². The van der Waals surface area contributed by atoms with Gasteiger partial charge in [-0.25, -0.2) is 9.97 Å². The number of thiazole rings is 2. The molecule has 0 fully saturated rings. The zero-order valence-corrected chi connectivity index (χ0v) is 22.2. The van der Waals surface area contributed by atoms with Gasteiger partial charge in [-0.2, -0.15) is 0 Å². The molecule has 0 aliphatic heterocycles. The van der Waals surface area contributed by atoms with Gasteiger partial charge in [0.2, 0.25) is 0 Å². The van der Waals surface area contributed by atoms with Crippen molar-refractivity contribution in [1.29, 1.82) is 0 Å². The first kappa shape index (κ1) is 23.3. The van der Waals surface area contributed by atoms with E-state index in [1.807, 2.05) is 72.8 Å². The minimum absolute atomic E-state index is 0. The van der Waals surface area contributed by atoms with Crippen molar-refractivity contribution >= 4 is 54.7 Å². The van der Waals surface area contributed by atoms with Crippen molar-refractivity contribution in [1.82, 2.24) is 9.97 Å². The molecule has 2 aromatic carbocycles. The maximum absolute atomic E-state index is 11.7. The van der Waals surface area contributed by atoms with Crippen LogP contribution in [0.15, 0.2) is 97.1 Å². The number of ketones is 2. The van der Waals surface area contributed by atoms with Crippen LogP contribution in [0.3, 0.4) is 0 Å². The van der Waals surface area contributed by atoms with Gasteiger partial charge >= 0.3 is 0 Å². The van der Waals surface area contributed by atoms with Gasteiger partial charge in [-0.3, -0.25) is 9.59 Å². The predicted octanol–water partition coefficient (Wildman–Crippen LogP) is 6.15. The average molecular weight is 520 g/mol. The van der Waals surface area contributed by atoms with Crippen molar-refractivity contribution in [2.45, 2.75) is 11.8 Å². The summed E-state index contributed by atoms with van der Waals surface area (Å²) in [7, 11) is 0. The van der Waals surface area contributed by atoms with E-state index in [0.29, 0.717) is 0 Å². The number of para-hydroxylation sites is 2. The topological polar surface area (TPSA) is 59.9 Å². The summed E-state index contributed by atoms with van der Waals surface area (Å²) < 4.78 is 2.27. The first-order valence-corrected chi connectivity index (χ1v) is 11.8. The third-order valence-corrected chi connectivity index (χ3v) is 7.36. The monoisotopic (exact) mass is 518 g/mol. The van der Waals surface area contributed by atoms with Crippen LogP contribution < -0.4 is 0 Å². The molecule has 0 spiro atoms. The number of carbonyl (C=O) groups is 2. The summed E-state index contributed by atoms with van der Waals surface area (Å²) in [5, 5.41) is 1.76. The summed E-state index contributed by atoms with van der Waals surface area (Å²) in [6.07, 6.45) is 14.4. The first-order valence-electron chi connectivity index (χ1n) is 10.2. The second kappa shape index (κ2) is 10.4. The maximum atomic E-state index is 11.7. The fourth-order valence-electron chi connectivity index (χ4n) is 3.50. The van der Waals surface area contributed by atoms with Crippen molar-refractivity contribution < 1.29 is 29.1 Å². The molecular formula is C26H18N2O2S2Zn. The summed E-state index contributed by atoms with van der Waals surface area (Å²) in [6, 6.07) is 15.9. The Labute approximate surface area is 211 Å². The van der Waals surface area contributed by atoms with Crippen molar-refractivity contribution in [3.05, 3.63) is 107 Å². The Morgan fingerprint density at radius 1 is 0.606 bits per heavy atom. The van der Waals surface area contributed by atoms with Crippen LogP contribution in [0.2, 0.25) is 0 Å². The van der Waals surface area contributed by atoms with Crippen molar-refractivity contribution in [2.75, 3.05) is 0 Å². The van der Waals surface area contributed by atoms with Crippen LogP contribution in [-0.2, 0) is 29.1 Å². The molecule has 158 valence electrons. The minimum atomic E-state index is -0.192. The Bertz CT molecular complexity index is 1270. The Morgan fingerprint density at radius 3 is 1.42 bits per heavy atom. The predicted molar refractivity (Wildman–Crippen MR) is 131 cm³/mol. The summed E-state index contributed by atoms with van der Waals surface area (Å²) >= 11 is 3.18. The number of fused-ring (bicyclic) bond motifs is 2. The SMILES string of the molecule is O=C1C=CC=CC1c1nc2ccccc2s1.O=C1C=CC=CC1c1nc2ccccc2s1.[Zn]. The molecule has 0 bridgehead atoms. The molecule has 2 atom stereocenters. The van der Waals surface area contributed by atoms with Crippen molar-refractivity contribution in [3.8, 4) is 0 Å². The van der Waals surface area contributed by atoms with Gasteiger partial charge in [0.1, 0.15) is 10.0 Å². The number of allylic oxidation sites excluding steroid dienone is 8. The van der Waals surface area contributed by atoms with E-state index in [1.54, 1.807) is 47.0 Å². The van der Waals surface area contributed by atoms with Crippen LogP contribution in [0, 0.1) is 0 Å².